The zero-order valence-electron chi connectivity index (χ0n) is 20.2. The van der Waals surface area contributed by atoms with Crippen molar-refractivity contribution < 1.29 is 22.4 Å². The summed E-state index contributed by atoms with van der Waals surface area (Å²) in [6, 6.07) is 0.803. The van der Waals surface area contributed by atoms with Gasteiger partial charge in [0.1, 0.15) is 17.1 Å². The number of carbonyl (C=O) groups excluding carboxylic acids is 1. The first-order chi connectivity index (χ1) is 17.3. The van der Waals surface area contributed by atoms with Crippen molar-refractivity contribution in [3.63, 3.8) is 0 Å². The molecule has 1 amide bonds. The van der Waals surface area contributed by atoms with Gasteiger partial charge in [-0.2, -0.15) is 18.3 Å². The largest absolute Gasteiger partial charge is 0.467 e. The average molecular weight is 504 g/mol. The predicted octanol–water partition coefficient (Wildman–Crippen LogP) is 4.86. The van der Waals surface area contributed by atoms with E-state index in [0.29, 0.717) is 24.4 Å². The van der Waals surface area contributed by atoms with Gasteiger partial charge in [0.05, 0.1) is 18.5 Å². The van der Waals surface area contributed by atoms with E-state index >= 15 is 0 Å². The molecule has 10 heteroatoms. The first kappa shape index (κ1) is 22.7. The van der Waals surface area contributed by atoms with E-state index in [4.69, 9.17) is 4.42 Å². The lowest BCUT2D eigenvalue weighted by atomic mass is 9.52. The van der Waals surface area contributed by atoms with Crippen LogP contribution in [-0.4, -0.2) is 63.4 Å². The topological polar surface area (TPSA) is 66.5 Å². The lowest BCUT2D eigenvalue weighted by Crippen LogP contribution is -2.64. The number of furan rings is 1. The maximum Gasteiger partial charge on any atom is 0.410 e. The molecule has 1 saturated heterocycles. The number of anilines is 1. The Morgan fingerprint density at radius 3 is 2.28 bits per heavy atom. The number of fused-ring (bicyclic) bond motifs is 1. The molecule has 5 fully saturated rings. The van der Waals surface area contributed by atoms with Crippen molar-refractivity contribution in [2.45, 2.75) is 68.7 Å². The van der Waals surface area contributed by atoms with Gasteiger partial charge in [-0.3, -0.25) is 9.69 Å². The number of aromatic nitrogens is 2. The summed E-state index contributed by atoms with van der Waals surface area (Å²) in [5, 5.41) is 7.14. The van der Waals surface area contributed by atoms with Crippen molar-refractivity contribution in [1.29, 1.82) is 0 Å². The molecule has 194 valence electrons. The minimum atomic E-state index is -4.49. The van der Waals surface area contributed by atoms with Gasteiger partial charge >= 0.3 is 6.18 Å². The number of rotatable bonds is 3. The van der Waals surface area contributed by atoms with E-state index in [-0.39, 0.29) is 23.7 Å². The highest BCUT2D eigenvalue weighted by atomic mass is 19.4. The number of piperazine rings is 1. The fourth-order valence-corrected chi connectivity index (χ4v) is 8.40. The number of amides is 1. The molecule has 2 aliphatic heterocycles. The number of carbonyl (C=O) groups is 1. The van der Waals surface area contributed by atoms with E-state index in [1.54, 1.807) is 17.0 Å². The molecule has 4 bridgehead atoms. The highest BCUT2D eigenvalue weighted by Gasteiger charge is 2.54. The third kappa shape index (κ3) is 3.58. The third-order valence-electron chi connectivity index (χ3n) is 9.60. The molecule has 7 nitrogen and oxygen atoms in total. The molecule has 4 saturated carbocycles. The fourth-order valence-electron chi connectivity index (χ4n) is 8.40. The summed E-state index contributed by atoms with van der Waals surface area (Å²) < 4.78 is 48.1. The number of nitrogens with one attached hydrogen (secondary N) is 1. The molecule has 36 heavy (non-hydrogen) atoms. The van der Waals surface area contributed by atoms with Gasteiger partial charge in [-0.1, -0.05) is 0 Å². The fraction of sp³-hybridized carbons (Fsp3) is 0.692. The first-order valence-electron chi connectivity index (χ1n) is 13.3. The molecule has 0 unspecified atom stereocenters. The molecule has 2 aromatic heterocycles. The SMILES string of the molecule is O=C(c1cnn2c1N[C@@H](c1ccco1)C[C@@H]2C(F)(F)F)N1CCN(C23CC4CC(CC(C4)C2)C3)CC1. The highest BCUT2D eigenvalue weighted by Crippen LogP contribution is 2.58. The van der Waals surface area contributed by atoms with Crippen LogP contribution in [0.2, 0.25) is 0 Å². The summed E-state index contributed by atoms with van der Waals surface area (Å²) >= 11 is 0. The van der Waals surface area contributed by atoms with Crippen LogP contribution in [-0.2, 0) is 0 Å². The van der Waals surface area contributed by atoms with Crippen molar-refractivity contribution in [3.05, 3.63) is 35.9 Å². The number of hydrogen-bond acceptors (Lipinski definition) is 5. The molecule has 0 aromatic carbocycles. The molecule has 2 aromatic rings. The van der Waals surface area contributed by atoms with Crippen molar-refractivity contribution in [2.24, 2.45) is 17.8 Å². The summed E-state index contributed by atoms with van der Waals surface area (Å²) in [5.41, 5.74) is 0.502. The van der Waals surface area contributed by atoms with Gasteiger partial charge < -0.3 is 14.6 Å². The van der Waals surface area contributed by atoms with Crippen molar-refractivity contribution in [2.75, 3.05) is 31.5 Å². The van der Waals surface area contributed by atoms with Gasteiger partial charge in [0.25, 0.3) is 5.91 Å². The summed E-state index contributed by atoms with van der Waals surface area (Å²) in [6.45, 7) is 2.84. The molecule has 0 spiro atoms. The second-order valence-electron chi connectivity index (χ2n) is 11.8. The van der Waals surface area contributed by atoms with Crippen LogP contribution in [0.1, 0.15) is 73.1 Å². The summed E-state index contributed by atoms with van der Waals surface area (Å²) in [7, 11) is 0. The van der Waals surface area contributed by atoms with Crippen LogP contribution in [0.5, 0.6) is 0 Å². The van der Waals surface area contributed by atoms with Crippen LogP contribution in [0.3, 0.4) is 0 Å². The third-order valence-corrected chi connectivity index (χ3v) is 9.60. The van der Waals surface area contributed by atoms with Crippen LogP contribution in [0.25, 0.3) is 0 Å². The van der Waals surface area contributed by atoms with Gasteiger partial charge in [0.2, 0.25) is 0 Å². The van der Waals surface area contributed by atoms with Gasteiger partial charge in [-0.15, -0.1) is 0 Å². The Labute approximate surface area is 208 Å². The van der Waals surface area contributed by atoms with E-state index in [1.165, 1.54) is 51.0 Å². The number of hydrogen-bond donors (Lipinski definition) is 1. The normalized spacial score (nSPS) is 36.1. The Bertz CT molecular complexity index is 1100. The van der Waals surface area contributed by atoms with E-state index in [1.807, 2.05) is 0 Å². The standard InChI is InChI=1S/C26H32F3N5O2/c27-26(28,29)22-11-20(21-2-1-7-36-21)31-23-19(15-30-34(22)23)24(35)32-3-5-33(6-4-32)25-12-16-8-17(13-25)10-18(9-16)14-25/h1-2,7,15-18,20,22,31H,3-6,8-14H2/t16?,17?,18?,20-,22-,25?/m1/s1. The Kier molecular flexibility index (Phi) is 5.04. The molecule has 6 aliphatic rings. The van der Waals surface area contributed by atoms with Gasteiger partial charge in [-0.05, 0) is 68.4 Å². The van der Waals surface area contributed by atoms with Gasteiger partial charge in [0, 0.05) is 38.1 Å². The maximum absolute atomic E-state index is 13.9. The van der Waals surface area contributed by atoms with Crippen molar-refractivity contribution in [1.82, 2.24) is 19.6 Å². The molecule has 8 rings (SSSR count). The first-order valence-corrected chi connectivity index (χ1v) is 13.3. The minimum Gasteiger partial charge on any atom is -0.467 e. The molecule has 2 atom stereocenters. The Morgan fingerprint density at radius 1 is 1.03 bits per heavy atom. The van der Waals surface area contributed by atoms with Crippen LogP contribution >= 0.6 is 0 Å². The highest BCUT2D eigenvalue weighted by molar-refractivity contribution is 5.99. The maximum atomic E-state index is 13.9. The lowest BCUT2D eigenvalue weighted by molar-refractivity contribution is -0.174. The van der Waals surface area contributed by atoms with Crippen LogP contribution in [0, 0.1) is 17.8 Å². The molecular formula is C26H32F3N5O2. The van der Waals surface area contributed by atoms with E-state index in [2.05, 4.69) is 15.3 Å². The summed E-state index contributed by atoms with van der Waals surface area (Å²) in [5.74, 6) is 2.88. The monoisotopic (exact) mass is 503 g/mol. The van der Waals surface area contributed by atoms with Gasteiger partial charge in [-0.25, -0.2) is 4.68 Å². The molecule has 4 heterocycles. The Morgan fingerprint density at radius 2 is 1.69 bits per heavy atom. The predicted molar refractivity (Wildman–Crippen MR) is 125 cm³/mol. The van der Waals surface area contributed by atoms with Crippen LogP contribution < -0.4 is 5.32 Å². The number of halogens is 3. The van der Waals surface area contributed by atoms with Crippen molar-refractivity contribution >= 4 is 11.7 Å². The average Bonchev–Trinajstić information content (AvgIpc) is 3.52. The van der Waals surface area contributed by atoms with Crippen LogP contribution in [0.15, 0.2) is 29.0 Å². The Hall–Kier alpha value is -2.49. The number of alkyl halides is 3. The molecule has 1 N–H and O–H groups in total. The van der Waals surface area contributed by atoms with Crippen LogP contribution in [0.4, 0.5) is 19.0 Å². The molecule has 0 radical (unpaired) electrons. The second-order valence-corrected chi connectivity index (χ2v) is 11.8. The smallest absolute Gasteiger partial charge is 0.410 e. The molecule has 4 aliphatic carbocycles. The summed E-state index contributed by atoms with van der Waals surface area (Å²) in [4.78, 5) is 18.0. The quantitative estimate of drug-likeness (QED) is 0.648. The minimum absolute atomic E-state index is 0.124. The summed E-state index contributed by atoms with van der Waals surface area (Å²) in [6.07, 6.45) is 6.07. The number of nitrogens with zero attached hydrogens (tertiary/aromatic N) is 4. The van der Waals surface area contributed by atoms with Gasteiger partial charge in [0.15, 0.2) is 6.04 Å². The van der Waals surface area contributed by atoms with E-state index in [0.717, 1.165) is 35.5 Å². The lowest BCUT2D eigenvalue weighted by Gasteiger charge is -2.61. The molecular weight excluding hydrogens is 471 g/mol. The second kappa shape index (κ2) is 8.00. The Balaban J connectivity index is 1.09. The van der Waals surface area contributed by atoms with Crippen molar-refractivity contribution in [3.8, 4) is 0 Å². The van der Waals surface area contributed by atoms with E-state index < -0.39 is 18.3 Å². The zero-order valence-corrected chi connectivity index (χ0v) is 20.2. The van der Waals surface area contributed by atoms with E-state index in [9.17, 15) is 18.0 Å². The zero-order chi connectivity index (χ0) is 24.7.